The van der Waals surface area contributed by atoms with Gasteiger partial charge in [-0.05, 0) is 25.7 Å². The molecule has 0 aromatic heterocycles. The Bertz CT molecular complexity index is 486. The first-order valence-electron chi connectivity index (χ1n) is 9.50. The number of carboxylic acid groups (broad SMARTS) is 1. The van der Waals surface area contributed by atoms with Crippen LogP contribution in [-0.4, -0.2) is 33.5 Å². The van der Waals surface area contributed by atoms with Crippen LogP contribution >= 0.6 is 0 Å². The molecule has 2 atom stereocenters. The average molecular weight is 363 g/mol. The van der Waals surface area contributed by atoms with Crippen molar-refractivity contribution in [1.82, 2.24) is 0 Å². The SMILES string of the molecule is CCC(O)C(O)CCCCCCCC=CC=CC=CC=CC=CC(=O)O. The maximum atomic E-state index is 10.2. The van der Waals surface area contributed by atoms with Crippen LogP contribution < -0.4 is 0 Å². The summed E-state index contributed by atoms with van der Waals surface area (Å²) in [5.74, 6) is -0.950. The van der Waals surface area contributed by atoms with Crippen LogP contribution in [0.2, 0.25) is 0 Å². The first-order valence-corrected chi connectivity index (χ1v) is 9.50. The predicted molar refractivity (Wildman–Crippen MR) is 108 cm³/mol. The maximum Gasteiger partial charge on any atom is 0.328 e. The molecule has 0 heterocycles. The lowest BCUT2D eigenvalue weighted by Gasteiger charge is -2.15. The molecule has 4 nitrogen and oxygen atoms in total. The van der Waals surface area contributed by atoms with Crippen molar-refractivity contribution in [2.24, 2.45) is 0 Å². The van der Waals surface area contributed by atoms with Gasteiger partial charge in [-0.15, -0.1) is 0 Å². The zero-order chi connectivity index (χ0) is 19.5. The lowest BCUT2D eigenvalue weighted by atomic mass is 10.0. The first kappa shape index (κ1) is 24.1. The van der Waals surface area contributed by atoms with Crippen molar-refractivity contribution in [2.45, 2.75) is 70.5 Å². The standard InChI is InChI=1S/C22H34O4/c1-2-20(23)21(24)18-16-14-12-10-8-6-4-3-5-7-9-11-13-15-17-19-22(25)26/h3-5,7,9,11,13,15,17,19-21,23-24H,2,6,8,10,12,14,16,18H2,1H3,(H,25,26). The molecule has 0 rings (SSSR count). The Morgan fingerprint density at radius 3 is 1.92 bits per heavy atom. The van der Waals surface area contributed by atoms with Crippen molar-refractivity contribution in [1.29, 1.82) is 0 Å². The van der Waals surface area contributed by atoms with Crippen molar-refractivity contribution in [2.75, 3.05) is 0 Å². The summed E-state index contributed by atoms with van der Waals surface area (Å²) >= 11 is 0. The van der Waals surface area contributed by atoms with Crippen LogP contribution in [0.5, 0.6) is 0 Å². The number of aliphatic carboxylic acids is 1. The van der Waals surface area contributed by atoms with Gasteiger partial charge in [0.15, 0.2) is 0 Å². The zero-order valence-corrected chi connectivity index (χ0v) is 15.8. The molecule has 0 spiro atoms. The molecule has 0 saturated heterocycles. The second-order valence-corrected chi connectivity index (χ2v) is 6.17. The number of hydrogen-bond donors (Lipinski definition) is 3. The van der Waals surface area contributed by atoms with Gasteiger partial charge in [0, 0.05) is 6.08 Å². The van der Waals surface area contributed by atoms with E-state index < -0.39 is 18.2 Å². The molecule has 0 fully saturated rings. The molecule has 0 radical (unpaired) electrons. The van der Waals surface area contributed by atoms with Crippen LogP contribution in [0.3, 0.4) is 0 Å². The van der Waals surface area contributed by atoms with E-state index in [1.54, 1.807) is 12.2 Å². The highest BCUT2D eigenvalue weighted by molar-refractivity contribution is 5.80. The smallest absolute Gasteiger partial charge is 0.328 e. The van der Waals surface area contributed by atoms with Crippen LogP contribution in [0.25, 0.3) is 0 Å². The van der Waals surface area contributed by atoms with Crippen molar-refractivity contribution in [3.63, 3.8) is 0 Å². The quantitative estimate of drug-likeness (QED) is 0.224. The number of unbranched alkanes of at least 4 members (excludes halogenated alkanes) is 5. The summed E-state index contributed by atoms with van der Waals surface area (Å²) < 4.78 is 0. The molecular weight excluding hydrogens is 328 g/mol. The van der Waals surface area contributed by atoms with Gasteiger partial charge in [0.2, 0.25) is 0 Å². The maximum absolute atomic E-state index is 10.2. The van der Waals surface area contributed by atoms with E-state index in [1.165, 1.54) is 25.3 Å². The number of allylic oxidation sites excluding steroid dienone is 9. The van der Waals surface area contributed by atoms with E-state index in [-0.39, 0.29) is 0 Å². The predicted octanol–water partition coefficient (Wildman–Crippen LogP) is 4.71. The summed E-state index contributed by atoms with van der Waals surface area (Å²) in [7, 11) is 0. The lowest BCUT2D eigenvalue weighted by Crippen LogP contribution is -2.24. The molecule has 0 aromatic carbocycles. The van der Waals surface area contributed by atoms with Gasteiger partial charge in [-0.2, -0.15) is 0 Å². The van der Waals surface area contributed by atoms with Crippen LogP contribution in [0, 0.1) is 0 Å². The van der Waals surface area contributed by atoms with Crippen molar-refractivity contribution in [3.8, 4) is 0 Å². The monoisotopic (exact) mass is 362 g/mol. The van der Waals surface area contributed by atoms with Crippen LogP contribution in [0.4, 0.5) is 0 Å². The van der Waals surface area contributed by atoms with Gasteiger partial charge in [-0.1, -0.05) is 87.3 Å². The highest BCUT2D eigenvalue weighted by Gasteiger charge is 2.12. The molecule has 4 heteroatoms. The van der Waals surface area contributed by atoms with Gasteiger partial charge in [0.25, 0.3) is 0 Å². The Balaban J connectivity index is 3.54. The largest absolute Gasteiger partial charge is 0.478 e. The van der Waals surface area contributed by atoms with Gasteiger partial charge >= 0.3 is 5.97 Å². The zero-order valence-electron chi connectivity index (χ0n) is 15.8. The summed E-state index contributed by atoms with van der Waals surface area (Å²) in [5, 5.41) is 27.5. The third-order valence-corrected chi connectivity index (χ3v) is 3.89. The van der Waals surface area contributed by atoms with E-state index >= 15 is 0 Å². The van der Waals surface area contributed by atoms with E-state index in [1.807, 2.05) is 37.3 Å². The molecule has 0 aliphatic rings. The number of aliphatic hydroxyl groups excluding tert-OH is 2. The van der Waals surface area contributed by atoms with Crippen LogP contribution in [0.15, 0.2) is 60.8 Å². The lowest BCUT2D eigenvalue weighted by molar-refractivity contribution is -0.131. The molecule has 0 bridgehead atoms. The van der Waals surface area contributed by atoms with Gasteiger partial charge < -0.3 is 15.3 Å². The molecule has 3 N–H and O–H groups in total. The Kier molecular flexibility index (Phi) is 16.6. The summed E-state index contributed by atoms with van der Waals surface area (Å²) in [6.07, 6.45) is 24.6. The Morgan fingerprint density at radius 1 is 0.769 bits per heavy atom. The molecule has 2 unspecified atom stereocenters. The average Bonchev–Trinajstić information content (AvgIpc) is 2.63. The van der Waals surface area contributed by atoms with E-state index in [2.05, 4.69) is 6.08 Å². The topological polar surface area (TPSA) is 77.8 Å². The van der Waals surface area contributed by atoms with E-state index in [9.17, 15) is 15.0 Å². The number of rotatable bonds is 15. The summed E-state index contributed by atoms with van der Waals surface area (Å²) in [6, 6.07) is 0. The molecule has 0 aliphatic heterocycles. The Morgan fingerprint density at radius 2 is 1.31 bits per heavy atom. The first-order chi connectivity index (χ1) is 12.6. The molecule has 0 aromatic rings. The van der Waals surface area contributed by atoms with Crippen molar-refractivity contribution in [3.05, 3.63) is 60.8 Å². The molecule has 0 aliphatic carbocycles. The van der Waals surface area contributed by atoms with E-state index in [4.69, 9.17) is 5.11 Å². The summed E-state index contributed by atoms with van der Waals surface area (Å²) in [4.78, 5) is 10.2. The highest BCUT2D eigenvalue weighted by atomic mass is 16.4. The fourth-order valence-electron chi connectivity index (χ4n) is 2.31. The summed E-state index contributed by atoms with van der Waals surface area (Å²) in [6.45, 7) is 1.88. The number of carbonyl (C=O) groups is 1. The minimum atomic E-state index is -0.950. The van der Waals surface area contributed by atoms with E-state index in [0.29, 0.717) is 12.8 Å². The second-order valence-electron chi connectivity index (χ2n) is 6.17. The number of hydrogen-bond acceptors (Lipinski definition) is 3. The second kappa shape index (κ2) is 17.9. The minimum Gasteiger partial charge on any atom is -0.478 e. The molecule has 146 valence electrons. The third kappa shape index (κ3) is 16.9. The normalized spacial score (nSPS) is 15.2. The van der Waals surface area contributed by atoms with Crippen molar-refractivity contribution < 1.29 is 20.1 Å². The van der Waals surface area contributed by atoms with Gasteiger partial charge in [0.05, 0.1) is 12.2 Å². The van der Waals surface area contributed by atoms with Gasteiger partial charge in [-0.25, -0.2) is 4.79 Å². The van der Waals surface area contributed by atoms with Gasteiger partial charge in [-0.3, -0.25) is 0 Å². The molecular formula is C22H34O4. The van der Waals surface area contributed by atoms with E-state index in [0.717, 1.165) is 25.3 Å². The number of aliphatic hydroxyl groups is 2. The number of carboxylic acids is 1. The Labute approximate surface area is 157 Å². The molecule has 0 amide bonds. The van der Waals surface area contributed by atoms with Crippen LogP contribution in [0.1, 0.15) is 58.3 Å². The molecule has 0 saturated carbocycles. The van der Waals surface area contributed by atoms with Crippen LogP contribution in [-0.2, 0) is 4.79 Å². The van der Waals surface area contributed by atoms with Crippen molar-refractivity contribution >= 4 is 5.97 Å². The summed E-state index contributed by atoms with van der Waals surface area (Å²) in [5.41, 5.74) is 0. The van der Waals surface area contributed by atoms with Gasteiger partial charge in [0.1, 0.15) is 0 Å². The minimum absolute atomic E-state index is 0.569. The highest BCUT2D eigenvalue weighted by Crippen LogP contribution is 2.11. The fraction of sp³-hybridized carbons (Fsp3) is 0.500. The third-order valence-electron chi connectivity index (χ3n) is 3.89. The fourth-order valence-corrected chi connectivity index (χ4v) is 2.31. The molecule has 26 heavy (non-hydrogen) atoms. The Hall–Kier alpha value is -1.91.